The first-order chi connectivity index (χ1) is 13.0. The molecule has 6 nitrogen and oxygen atoms in total. The monoisotopic (exact) mass is 395 g/mol. The van der Waals surface area contributed by atoms with E-state index in [1.165, 1.54) is 37.8 Å². The fourth-order valence-corrected chi connectivity index (χ4v) is 2.26. The molecule has 0 radical (unpaired) electrons. The Balaban J connectivity index is 0.000000887. The number of carboxylic acid groups (broad SMARTS) is 1. The number of Topliss-reactive ketones (excluding diaryl/α,β-unsaturated/α-hetero) is 1. The zero-order chi connectivity index (χ0) is 21.7. The summed E-state index contributed by atoms with van der Waals surface area (Å²) >= 11 is 0. The van der Waals surface area contributed by atoms with E-state index in [1.54, 1.807) is 14.1 Å². The molecule has 0 heterocycles. The predicted octanol–water partition coefficient (Wildman–Crippen LogP) is 4.64. The molecule has 1 aromatic carbocycles. The molecule has 28 heavy (non-hydrogen) atoms. The van der Waals surface area contributed by atoms with E-state index in [-0.39, 0.29) is 16.0 Å². The Bertz CT molecular complexity index is 605. The molecule has 1 aromatic rings. The molecule has 0 aliphatic heterocycles. The fraction of sp³-hybridized carbons (Fsp3) is 0.636. The molecule has 0 saturated carbocycles. The topological polar surface area (TPSA) is 97.7 Å². The van der Waals surface area contributed by atoms with Crippen molar-refractivity contribution < 1.29 is 29.7 Å². The lowest BCUT2D eigenvalue weighted by molar-refractivity contribution is -1.09. The highest BCUT2D eigenvalue weighted by molar-refractivity contribution is 5.99. The Labute approximate surface area is 169 Å². The van der Waals surface area contributed by atoms with Gasteiger partial charge in [-0.3, -0.25) is 4.79 Å². The highest BCUT2D eigenvalue weighted by atomic mass is 16.5. The fourth-order valence-electron chi connectivity index (χ4n) is 2.26. The summed E-state index contributed by atoms with van der Waals surface area (Å²) in [5, 5.41) is 29.2. The van der Waals surface area contributed by atoms with Gasteiger partial charge in [-0.2, -0.15) is 4.65 Å². The van der Waals surface area contributed by atoms with Crippen LogP contribution in [0.2, 0.25) is 0 Å². The number of carboxylic acids is 1. The van der Waals surface area contributed by atoms with E-state index in [4.69, 9.17) is 10.3 Å². The minimum atomic E-state index is -1.29. The van der Waals surface area contributed by atoms with Gasteiger partial charge in [-0.25, -0.2) is 10.0 Å². The second-order valence-corrected chi connectivity index (χ2v) is 7.88. The van der Waals surface area contributed by atoms with Gasteiger partial charge in [0.1, 0.15) is 6.04 Å². The van der Waals surface area contributed by atoms with Crippen LogP contribution in [-0.4, -0.2) is 46.8 Å². The van der Waals surface area contributed by atoms with Gasteiger partial charge in [0.2, 0.25) is 0 Å². The van der Waals surface area contributed by atoms with Gasteiger partial charge in [-0.1, -0.05) is 63.3 Å². The largest absolute Gasteiger partial charge is 0.872 e. The van der Waals surface area contributed by atoms with E-state index in [1.807, 2.05) is 13.8 Å². The number of hydroxylamine groups is 3. The van der Waals surface area contributed by atoms with E-state index in [0.717, 1.165) is 25.3 Å². The molecular weight excluding hydrogens is 358 g/mol. The Morgan fingerprint density at radius 2 is 1.54 bits per heavy atom. The molecule has 0 aliphatic rings. The number of carbonyl (C=O) groups excluding carboxylic acids is 1. The van der Waals surface area contributed by atoms with Crippen molar-refractivity contribution in [1.82, 2.24) is 0 Å². The maximum Gasteiger partial charge on any atom is 0.335 e. The number of unbranched alkanes of at least 4 members (excludes halogenated alkanes) is 6. The number of nitrogens with zero attached hydrogens (tertiary/aromatic N) is 1. The van der Waals surface area contributed by atoms with Crippen LogP contribution in [0.1, 0.15) is 92.9 Å². The van der Waals surface area contributed by atoms with Crippen LogP contribution >= 0.6 is 0 Å². The van der Waals surface area contributed by atoms with Crippen LogP contribution in [0, 0.1) is 0 Å². The summed E-state index contributed by atoms with van der Waals surface area (Å²) in [4.78, 5) is 22.8. The van der Waals surface area contributed by atoms with Crippen LogP contribution in [0.4, 0.5) is 0 Å². The summed E-state index contributed by atoms with van der Waals surface area (Å²) in [6, 6.07) is 4.05. The van der Waals surface area contributed by atoms with Gasteiger partial charge < -0.3 is 10.2 Å². The van der Waals surface area contributed by atoms with E-state index < -0.39 is 11.7 Å². The summed E-state index contributed by atoms with van der Waals surface area (Å²) < 4.78 is 0.0556. The minimum Gasteiger partial charge on any atom is -0.872 e. The second-order valence-electron chi connectivity index (χ2n) is 7.88. The molecule has 0 fully saturated rings. The van der Waals surface area contributed by atoms with Crippen LogP contribution in [0.5, 0.6) is 5.75 Å². The van der Waals surface area contributed by atoms with Crippen molar-refractivity contribution in [3.63, 3.8) is 0 Å². The summed E-state index contributed by atoms with van der Waals surface area (Å²) in [5.41, 5.74) is -0.0154. The molecular formula is C22H37NO5. The molecule has 0 spiro atoms. The first kappa shape index (κ1) is 26.1. The SMILES string of the molecule is CC(C)[N+](C)(C)O.CCCCCCCCCC(=O)c1ccc([O-])c(C(=O)O)c1. The summed E-state index contributed by atoms with van der Waals surface area (Å²) in [5.74, 6) is -1.94. The molecule has 1 rings (SSSR count). The molecule has 0 aliphatic carbocycles. The molecule has 0 atom stereocenters. The minimum absolute atomic E-state index is 0.0556. The van der Waals surface area contributed by atoms with Gasteiger partial charge in [-0.05, 0) is 26.3 Å². The van der Waals surface area contributed by atoms with Crippen molar-refractivity contribution >= 4 is 11.8 Å². The smallest absolute Gasteiger partial charge is 0.335 e. The number of ketones is 1. The third-order valence-corrected chi connectivity index (χ3v) is 4.80. The number of hydrogen-bond donors (Lipinski definition) is 2. The molecule has 0 amide bonds. The van der Waals surface area contributed by atoms with Crippen molar-refractivity contribution in [3.8, 4) is 5.75 Å². The van der Waals surface area contributed by atoms with Crippen molar-refractivity contribution in [2.75, 3.05) is 14.1 Å². The Morgan fingerprint density at radius 3 is 2.00 bits per heavy atom. The van der Waals surface area contributed by atoms with Crippen molar-refractivity contribution in [2.24, 2.45) is 0 Å². The van der Waals surface area contributed by atoms with Gasteiger partial charge in [0, 0.05) is 12.0 Å². The van der Waals surface area contributed by atoms with Crippen LogP contribution in [0.25, 0.3) is 0 Å². The standard InChI is InChI=1S/C17H24O4.C5H14NO/c1-2-3-4-5-6-7-8-9-15(18)13-10-11-16(19)14(12-13)17(20)21;1-5(2)6(3,4)7/h10-12,19H,2-9H2,1H3,(H,20,21);5,7H,1-4H3/q;+1/p-1. The van der Waals surface area contributed by atoms with Crippen LogP contribution in [-0.2, 0) is 0 Å². The van der Waals surface area contributed by atoms with E-state index in [2.05, 4.69) is 6.92 Å². The first-order valence-corrected chi connectivity index (χ1v) is 10.1. The van der Waals surface area contributed by atoms with Crippen LogP contribution < -0.4 is 5.11 Å². The van der Waals surface area contributed by atoms with Gasteiger partial charge in [-0.15, -0.1) is 0 Å². The van der Waals surface area contributed by atoms with Gasteiger partial charge in [0.05, 0.1) is 19.7 Å². The molecule has 2 N–H and O–H groups in total. The van der Waals surface area contributed by atoms with Crippen LogP contribution in [0.3, 0.4) is 0 Å². The predicted molar refractivity (Wildman–Crippen MR) is 109 cm³/mol. The van der Waals surface area contributed by atoms with Crippen molar-refractivity contribution in [1.29, 1.82) is 0 Å². The van der Waals surface area contributed by atoms with E-state index in [0.29, 0.717) is 18.0 Å². The molecule has 0 saturated heterocycles. The van der Waals surface area contributed by atoms with E-state index in [9.17, 15) is 14.7 Å². The number of rotatable bonds is 11. The second kappa shape index (κ2) is 13.3. The zero-order valence-electron chi connectivity index (χ0n) is 18.0. The third-order valence-electron chi connectivity index (χ3n) is 4.80. The van der Waals surface area contributed by atoms with E-state index >= 15 is 0 Å². The quantitative estimate of drug-likeness (QED) is 0.246. The number of hydrogen-bond acceptors (Lipinski definition) is 4. The van der Waals surface area contributed by atoms with Crippen molar-refractivity contribution in [3.05, 3.63) is 29.3 Å². The highest BCUT2D eigenvalue weighted by Crippen LogP contribution is 2.18. The maximum absolute atomic E-state index is 12.0. The van der Waals surface area contributed by atoms with Crippen LogP contribution in [0.15, 0.2) is 18.2 Å². The lowest BCUT2D eigenvalue weighted by Gasteiger charge is -2.23. The molecule has 0 aromatic heterocycles. The van der Waals surface area contributed by atoms with Gasteiger partial charge in [0.25, 0.3) is 0 Å². The lowest BCUT2D eigenvalue weighted by Crippen LogP contribution is -2.41. The average molecular weight is 396 g/mol. The van der Waals surface area contributed by atoms with Gasteiger partial charge >= 0.3 is 5.97 Å². The Morgan fingerprint density at radius 1 is 1.04 bits per heavy atom. The molecule has 6 heteroatoms. The molecule has 0 unspecified atom stereocenters. The van der Waals surface area contributed by atoms with Gasteiger partial charge in [0.15, 0.2) is 5.78 Å². The summed E-state index contributed by atoms with van der Waals surface area (Å²) in [7, 11) is 3.51. The number of quaternary nitrogens is 1. The number of aromatic carboxylic acids is 1. The first-order valence-electron chi connectivity index (χ1n) is 10.1. The normalized spacial score (nSPS) is 11.1. The highest BCUT2D eigenvalue weighted by Gasteiger charge is 2.14. The number of carbonyl (C=O) groups is 2. The summed E-state index contributed by atoms with van der Waals surface area (Å²) in [6.07, 6.45) is 8.30. The summed E-state index contributed by atoms with van der Waals surface area (Å²) in [6.45, 7) is 6.12. The number of benzene rings is 1. The Kier molecular flexibility index (Phi) is 12.4. The molecule has 0 bridgehead atoms. The average Bonchev–Trinajstić information content (AvgIpc) is 2.60. The van der Waals surface area contributed by atoms with Crippen molar-refractivity contribution in [2.45, 2.75) is 78.2 Å². The third kappa shape index (κ3) is 11.0. The zero-order valence-corrected chi connectivity index (χ0v) is 18.0. The lowest BCUT2D eigenvalue weighted by atomic mass is 10.0. The Hall–Kier alpha value is -1.92. The molecule has 160 valence electrons. The maximum atomic E-state index is 12.0.